The molecule has 1 aromatic rings. The Labute approximate surface area is 107 Å². The van der Waals surface area contributed by atoms with Crippen LogP contribution in [0.4, 0.5) is 0 Å². The van der Waals surface area contributed by atoms with Crippen molar-refractivity contribution in [1.82, 2.24) is 10.3 Å². The molecule has 0 amide bonds. The number of aryl methyl sites for hydroxylation is 1. The smallest absolute Gasteiger partial charge is 0.150 e. The van der Waals surface area contributed by atoms with Gasteiger partial charge in [0.15, 0.2) is 0 Å². The van der Waals surface area contributed by atoms with E-state index in [1.165, 1.54) is 5.57 Å². The highest BCUT2D eigenvalue weighted by Gasteiger charge is 2.09. The van der Waals surface area contributed by atoms with Crippen LogP contribution in [0.15, 0.2) is 21.9 Å². The van der Waals surface area contributed by atoms with Gasteiger partial charge in [-0.2, -0.15) is 0 Å². The molecule has 2 nitrogen and oxygen atoms in total. The van der Waals surface area contributed by atoms with E-state index in [0.717, 1.165) is 22.3 Å². The standard InChI is InChI=1S/C12H20N2S2/c1-9(6-13-12(3,4)5)7-15-11-14-10(2)8-16-11/h8,13H,1,6-7H2,2-5H3. The summed E-state index contributed by atoms with van der Waals surface area (Å²) in [6, 6.07) is 0. The van der Waals surface area contributed by atoms with Crippen LogP contribution in [-0.4, -0.2) is 22.8 Å². The summed E-state index contributed by atoms with van der Waals surface area (Å²) in [6.45, 7) is 13.5. The summed E-state index contributed by atoms with van der Waals surface area (Å²) in [5.41, 5.74) is 2.48. The molecule has 4 heteroatoms. The first kappa shape index (κ1) is 13.7. The maximum atomic E-state index is 4.41. The number of hydrogen-bond donors (Lipinski definition) is 1. The molecule has 0 atom stereocenters. The molecule has 0 saturated carbocycles. The van der Waals surface area contributed by atoms with Crippen molar-refractivity contribution in [3.63, 3.8) is 0 Å². The third-order valence-electron chi connectivity index (χ3n) is 1.87. The van der Waals surface area contributed by atoms with Crippen molar-refractivity contribution < 1.29 is 0 Å². The molecule has 0 saturated heterocycles. The molecular weight excluding hydrogens is 236 g/mol. The van der Waals surface area contributed by atoms with E-state index in [9.17, 15) is 0 Å². The number of thioether (sulfide) groups is 1. The molecule has 0 aliphatic rings. The molecule has 0 radical (unpaired) electrons. The number of rotatable bonds is 5. The van der Waals surface area contributed by atoms with Crippen LogP contribution in [0.5, 0.6) is 0 Å². The van der Waals surface area contributed by atoms with Crippen LogP contribution in [0.25, 0.3) is 0 Å². The zero-order valence-corrected chi connectivity index (χ0v) is 12.1. The lowest BCUT2D eigenvalue weighted by Crippen LogP contribution is -2.37. The predicted molar refractivity (Wildman–Crippen MR) is 74.5 cm³/mol. The van der Waals surface area contributed by atoms with Crippen LogP contribution >= 0.6 is 23.1 Å². The fourth-order valence-electron chi connectivity index (χ4n) is 1.00. The van der Waals surface area contributed by atoms with E-state index in [4.69, 9.17) is 0 Å². The molecule has 1 N–H and O–H groups in total. The Kier molecular flexibility index (Phi) is 5.02. The summed E-state index contributed by atoms with van der Waals surface area (Å²) in [5.74, 6) is 0.941. The normalized spacial score (nSPS) is 11.8. The van der Waals surface area contributed by atoms with E-state index in [1.807, 2.05) is 6.92 Å². The van der Waals surface area contributed by atoms with E-state index in [2.05, 4.69) is 43.0 Å². The first-order valence-electron chi connectivity index (χ1n) is 5.33. The highest BCUT2D eigenvalue weighted by molar-refractivity contribution is 8.01. The van der Waals surface area contributed by atoms with E-state index < -0.39 is 0 Å². The number of nitrogens with one attached hydrogen (secondary N) is 1. The van der Waals surface area contributed by atoms with Gasteiger partial charge in [0, 0.05) is 28.9 Å². The van der Waals surface area contributed by atoms with Crippen LogP contribution < -0.4 is 5.32 Å². The molecule has 0 aliphatic heterocycles. The average Bonchev–Trinajstić information content (AvgIpc) is 2.57. The van der Waals surface area contributed by atoms with Crippen LogP contribution in [0.2, 0.25) is 0 Å². The van der Waals surface area contributed by atoms with E-state index in [0.29, 0.717) is 0 Å². The van der Waals surface area contributed by atoms with Gasteiger partial charge in [0.2, 0.25) is 0 Å². The third kappa shape index (κ3) is 5.68. The molecule has 0 aromatic carbocycles. The van der Waals surface area contributed by atoms with Crippen molar-refractivity contribution in [3.8, 4) is 0 Å². The van der Waals surface area contributed by atoms with Crippen molar-refractivity contribution >= 4 is 23.1 Å². The second-order valence-corrected chi connectivity index (χ2v) is 6.98. The molecule has 1 heterocycles. The lowest BCUT2D eigenvalue weighted by molar-refractivity contribution is 0.445. The molecule has 0 fully saturated rings. The van der Waals surface area contributed by atoms with Gasteiger partial charge in [0.25, 0.3) is 0 Å². The Morgan fingerprint density at radius 2 is 2.25 bits per heavy atom. The van der Waals surface area contributed by atoms with Gasteiger partial charge in [-0.05, 0) is 27.7 Å². The van der Waals surface area contributed by atoms with Gasteiger partial charge in [-0.25, -0.2) is 4.98 Å². The fourth-order valence-corrected chi connectivity index (χ4v) is 2.76. The van der Waals surface area contributed by atoms with Gasteiger partial charge in [-0.1, -0.05) is 23.9 Å². The Balaban J connectivity index is 2.25. The summed E-state index contributed by atoms with van der Waals surface area (Å²) < 4.78 is 1.13. The minimum atomic E-state index is 0.158. The van der Waals surface area contributed by atoms with Crippen LogP contribution in [-0.2, 0) is 0 Å². The summed E-state index contributed by atoms with van der Waals surface area (Å²) in [4.78, 5) is 4.41. The van der Waals surface area contributed by atoms with Gasteiger partial charge < -0.3 is 5.32 Å². The van der Waals surface area contributed by atoms with E-state index in [-0.39, 0.29) is 5.54 Å². The molecule has 90 valence electrons. The van der Waals surface area contributed by atoms with Crippen LogP contribution in [0.3, 0.4) is 0 Å². The molecule has 1 rings (SSSR count). The van der Waals surface area contributed by atoms with Gasteiger partial charge >= 0.3 is 0 Å². The number of thiazole rings is 1. The summed E-state index contributed by atoms with van der Waals surface area (Å²) >= 11 is 3.47. The molecule has 0 aliphatic carbocycles. The van der Waals surface area contributed by atoms with Crippen molar-refractivity contribution in [3.05, 3.63) is 23.2 Å². The zero-order valence-electron chi connectivity index (χ0n) is 10.5. The molecule has 0 spiro atoms. The Morgan fingerprint density at radius 3 is 2.75 bits per heavy atom. The molecule has 1 aromatic heterocycles. The average molecular weight is 256 g/mol. The van der Waals surface area contributed by atoms with E-state index in [1.54, 1.807) is 23.1 Å². The fraction of sp³-hybridized carbons (Fsp3) is 0.583. The van der Waals surface area contributed by atoms with Gasteiger partial charge in [0.05, 0.1) is 0 Å². The summed E-state index contributed by atoms with van der Waals surface area (Å²) in [5, 5.41) is 5.52. The maximum Gasteiger partial charge on any atom is 0.150 e. The van der Waals surface area contributed by atoms with Crippen molar-refractivity contribution in [1.29, 1.82) is 0 Å². The lowest BCUT2D eigenvalue weighted by Gasteiger charge is -2.21. The minimum Gasteiger partial charge on any atom is -0.308 e. The third-order valence-corrected chi connectivity index (χ3v) is 4.15. The lowest BCUT2D eigenvalue weighted by atomic mass is 10.1. The zero-order chi connectivity index (χ0) is 12.2. The van der Waals surface area contributed by atoms with Crippen molar-refractivity contribution in [2.45, 2.75) is 37.6 Å². The Bertz CT molecular complexity index is 350. The first-order valence-corrected chi connectivity index (χ1v) is 7.20. The monoisotopic (exact) mass is 256 g/mol. The Hall–Kier alpha value is -0.320. The van der Waals surface area contributed by atoms with E-state index >= 15 is 0 Å². The first-order chi connectivity index (χ1) is 7.37. The van der Waals surface area contributed by atoms with Gasteiger partial charge in [0.1, 0.15) is 4.34 Å². The summed E-state index contributed by atoms with van der Waals surface area (Å²) in [7, 11) is 0. The molecule has 0 bridgehead atoms. The topological polar surface area (TPSA) is 24.9 Å². The van der Waals surface area contributed by atoms with Crippen LogP contribution in [0, 0.1) is 6.92 Å². The highest BCUT2D eigenvalue weighted by Crippen LogP contribution is 2.23. The number of aromatic nitrogens is 1. The number of nitrogens with zero attached hydrogens (tertiary/aromatic N) is 1. The van der Waals surface area contributed by atoms with Crippen molar-refractivity contribution in [2.75, 3.05) is 12.3 Å². The number of hydrogen-bond acceptors (Lipinski definition) is 4. The maximum absolute atomic E-state index is 4.41. The second-order valence-electron chi connectivity index (χ2n) is 4.90. The molecular formula is C12H20N2S2. The highest BCUT2D eigenvalue weighted by atomic mass is 32.2. The largest absolute Gasteiger partial charge is 0.308 e. The molecule has 0 unspecified atom stereocenters. The second kappa shape index (κ2) is 5.84. The quantitative estimate of drug-likeness (QED) is 0.645. The Morgan fingerprint density at radius 1 is 1.56 bits per heavy atom. The summed E-state index contributed by atoms with van der Waals surface area (Å²) in [6.07, 6.45) is 0. The predicted octanol–water partition coefficient (Wildman–Crippen LogP) is 3.49. The van der Waals surface area contributed by atoms with Crippen LogP contribution in [0.1, 0.15) is 26.5 Å². The minimum absolute atomic E-state index is 0.158. The van der Waals surface area contributed by atoms with Gasteiger partial charge in [-0.3, -0.25) is 0 Å². The molecule has 16 heavy (non-hydrogen) atoms. The van der Waals surface area contributed by atoms with Crippen molar-refractivity contribution in [2.24, 2.45) is 0 Å². The SMILES string of the molecule is C=C(CNC(C)(C)C)CSc1nc(C)cs1. The van der Waals surface area contributed by atoms with Gasteiger partial charge in [-0.15, -0.1) is 11.3 Å².